The molecule has 9 nitrogen and oxygen atoms in total. The van der Waals surface area contributed by atoms with Gasteiger partial charge in [0.15, 0.2) is 6.10 Å². The van der Waals surface area contributed by atoms with E-state index in [9.17, 15) is 19.5 Å². The lowest BCUT2D eigenvalue weighted by atomic mass is 10.0. The second-order valence-corrected chi connectivity index (χ2v) is 22.7. The van der Waals surface area contributed by atoms with Crippen LogP contribution in [0.15, 0.2) is 97.2 Å². The lowest BCUT2D eigenvalue weighted by molar-refractivity contribution is -0.870. The molecule has 0 aliphatic rings. The van der Waals surface area contributed by atoms with Crippen LogP contribution in [0.5, 0.6) is 0 Å². The number of aliphatic carboxylic acids is 1. The zero-order chi connectivity index (χ0) is 57.6. The van der Waals surface area contributed by atoms with Crippen molar-refractivity contribution >= 4 is 17.9 Å². The number of nitrogens with zero attached hydrogens (tertiary/aromatic N) is 1. The Bertz CT molecular complexity index is 1620. The smallest absolute Gasteiger partial charge is 0.361 e. The first-order valence-electron chi connectivity index (χ1n) is 32.4. The van der Waals surface area contributed by atoms with Crippen LogP contribution in [0, 0.1) is 0 Å². The molecule has 0 bridgehead atoms. The van der Waals surface area contributed by atoms with Crippen molar-refractivity contribution in [2.24, 2.45) is 0 Å². The van der Waals surface area contributed by atoms with Gasteiger partial charge in [-0.2, -0.15) is 0 Å². The Hall–Kier alpha value is -3.79. The number of hydrogen-bond donors (Lipinski definition) is 1. The molecule has 0 amide bonds. The van der Waals surface area contributed by atoms with Crippen LogP contribution in [0.3, 0.4) is 0 Å². The third-order valence-corrected chi connectivity index (χ3v) is 13.8. The zero-order valence-corrected chi connectivity index (χ0v) is 51.8. The van der Waals surface area contributed by atoms with E-state index in [0.717, 1.165) is 83.5 Å². The van der Waals surface area contributed by atoms with Gasteiger partial charge in [-0.05, 0) is 96.3 Å². The Morgan fingerprint density at radius 3 is 1.08 bits per heavy atom. The molecule has 0 aliphatic carbocycles. The average molecular weight is 1110 g/mol. The number of carbonyl (C=O) groups excluding carboxylic acids is 2. The van der Waals surface area contributed by atoms with Gasteiger partial charge in [-0.3, -0.25) is 9.59 Å². The fourth-order valence-electron chi connectivity index (χ4n) is 8.87. The summed E-state index contributed by atoms with van der Waals surface area (Å²) in [6.45, 7) is 4.76. The van der Waals surface area contributed by atoms with Crippen LogP contribution >= 0.6 is 0 Å². The van der Waals surface area contributed by atoms with Gasteiger partial charge in [0.25, 0.3) is 6.29 Å². The number of likely N-dealkylation sites (N-methyl/N-ethyl adjacent to an activating group) is 1. The lowest BCUT2D eigenvalue weighted by Crippen LogP contribution is -2.40. The Morgan fingerprint density at radius 1 is 0.392 bits per heavy atom. The van der Waals surface area contributed by atoms with Crippen molar-refractivity contribution in [3.8, 4) is 0 Å². The molecule has 0 aliphatic heterocycles. The highest BCUT2D eigenvalue weighted by Gasteiger charge is 2.25. The van der Waals surface area contributed by atoms with Crippen molar-refractivity contribution in [1.29, 1.82) is 0 Å². The lowest BCUT2D eigenvalue weighted by Gasteiger charge is -2.25. The number of carbonyl (C=O) groups is 3. The third-order valence-electron chi connectivity index (χ3n) is 13.8. The molecule has 0 rings (SSSR count). The second kappa shape index (κ2) is 60.3. The van der Waals surface area contributed by atoms with Gasteiger partial charge in [-0.15, -0.1) is 0 Å². The van der Waals surface area contributed by atoms with E-state index in [1.807, 2.05) is 21.1 Å². The van der Waals surface area contributed by atoms with E-state index in [2.05, 4.69) is 111 Å². The van der Waals surface area contributed by atoms with Gasteiger partial charge >= 0.3 is 17.9 Å². The van der Waals surface area contributed by atoms with Crippen LogP contribution in [0.2, 0.25) is 0 Å². The van der Waals surface area contributed by atoms with Gasteiger partial charge in [0.2, 0.25) is 0 Å². The number of allylic oxidation sites excluding steroid dienone is 16. The summed E-state index contributed by atoms with van der Waals surface area (Å²) in [6.07, 6.45) is 79.2. The highest BCUT2D eigenvalue weighted by molar-refractivity contribution is 5.71. The van der Waals surface area contributed by atoms with Gasteiger partial charge in [-0.1, -0.05) is 259 Å². The van der Waals surface area contributed by atoms with E-state index in [0.29, 0.717) is 17.4 Å². The molecule has 0 saturated carbocycles. The summed E-state index contributed by atoms with van der Waals surface area (Å²) in [6, 6.07) is 0. The van der Waals surface area contributed by atoms with Gasteiger partial charge in [-0.25, -0.2) is 4.79 Å². The molecule has 454 valence electrons. The Kier molecular flexibility index (Phi) is 57.4. The van der Waals surface area contributed by atoms with Crippen LogP contribution < -0.4 is 0 Å². The van der Waals surface area contributed by atoms with E-state index < -0.39 is 24.3 Å². The van der Waals surface area contributed by atoms with Crippen molar-refractivity contribution in [1.82, 2.24) is 0 Å². The minimum atomic E-state index is -1.52. The van der Waals surface area contributed by atoms with Gasteiger partial charge in [0.05, 0.1) is 34.4 Å². The molecule has 1 N–H and O–H groups in total. The zero-order valence-electron chi connectivity index (χ0n) is 51.8. The van der Waals surface area contributed by atoms with Crippen LogP contribution in [0.4, 0.5) is 0 Å². The molecule has 9 heteroatoms. The predicted octanol–water partition coefficient (Wildman–Crippen LogP) is 19.7. The van der Waals surface area contributed by atoms with Gasteiger partial charge in [0, 0.05) is 12.8 Å². The molecule has 0 saturated heterocycles. The quantitative estimate of drug-likeness (QED) is 0.0211. The summed E-state index contributed by atoms with van der Waals surface area (Å²) in [7, 11) is 5.97. The van der Waals surface area contributed by atoms with E-state index in [1.165, 1.54) is 161 Å². The fourth-order valence-corrected chi connectivity index (χ4v) is 8.87. The summed E-state index contributed by atoms with van der Waals surface area (Å²) < 4.78 is 22.9. The molecule has 0 aromatic heterocycles. The van der Waals surface area contributed by atoms with E-state index in [1.54, 1.807) is 0 Å². The molecule has 0 radical (unpaired) electrons. The second-order valence-electron chi connectivity index (χ2n) is 22.7. The summed E-state index contributed by atoms with van der Waals surface area (Å²) in [4.78, 5) is 37.5. The Morgan fingerprint density at radius 2 is 0.722 bits per heavy atom. The highest BCUT2D eigenvalue weighted by Crippen LogP contribution is 2.16. The van der Waals surface area contributed by atoms with Crippen LogP contribution in [0.25, 0.3) is 0 Å². The summed E-state index contributed by atoms with van der Waals surface area (Å²) in [5.41, 5.74) is 0. The molecule has 0 heterocycles. The first-order chi connectivity index (χ1) is 38.6. The van der Waals surface area contributed by atoms with E-state index >= 15 is 0 Å². The van der Waals surface area contributed by atoms with Crippen molar-refractivity contribution in [2.45, 2.75) is 283 Å². The largest absolute Gasteiger partial charge is 0.477 e. The molecule has 2 atom stereocenters. The third kappa shape index (κ3) is 61.7. The maximum Gasteiger partial charge on any atom is 0.361 e. The fraction of sp³-hybridized carbons (Fsp3) is 0.729. The summed E-state index contributed by atoms with van der Waals surface area (Å²) in [5.74, 6) is -2.01. The molecule has 0 fully saturated rings. The summed E-state index contributed by atoms with van der Waals surface area (Å²) >= 11 is 0. The predicted molar refractivity (Wildman–Crippen MR) is 336 cm³/mol. The number of carboxylic acids is 1. The molecule has 0 spiro atoms. The number of esters is 2. The number of carboxylic acid groups (broad SMARTS) is 1. The van der Waals surface area contributed by atoms with E-state index in [4.69, 9.17) is 18.9 Å². The van der Waals surface area contributed by atoms with Crippen molar-refractivity contribution < 1.29 is 42.9 Å². The SMILES string of the molecule is CC/C=C\C/C=C\C/C=C\C/C=C\C/C=C\C/C=C\CCCCCCCCCCCCCCCCC(=O)OC(COC(=O)CCCCCCCCCCC/C=C\C/C=C\CCCCCCC)COC(OCC[N+](C)(C)C)C(=O)O. The maximum atomic E-state index is 12.9. The molecular formula is C70H122NO8+. The standard InChI is InChI=1S/C70H121NO8/c1-6-8-10-12-14-16-18-20-22-24-26-28-29-30-31-32-33-34-35-36-37-38-39-41-43-45-47-49-51-53-55-57-59-61-68(73)79-66(65-78-70(69(74)75)76-63-62-71(3,4)5)64-77-67(72)60-58-56-54-52-50-48-46-44-42-40-27-25-23-21-19-17-15-13-11-9-7-2/h8,10,14,16,19-22,25-28,30-31,33-34,66,70H,6-7,9,11-13,15,17-18,23-24,29,32,35-65H2,1-5H3/p+1/b10-8-,16-14-,21-19-,22-20-,27-25-,28-26-,31-30-,34-33-. The van der Waals surface area contributed by atoms with Crippen molar-refractivity contribution in [2.75, 3.05) is 47.5 Å². The van der Waals surface area contributed by atoms with Crippen LogP contribution in [0.1, 0.15) is 271 Å². The van der Waals surface area contributed by atoms with Gasteiger partial charge < -0.3 is 28.5 Å². The Balaban J connectivity index is 4.16. The number of hydrogen-bond acceptors (Lipinski definition) is 7. The normalized spacial score (nSPS) is 13.4. The number of quaternary nitrogens is 1. The topological polar surface area (TPSA) is 108 Å². The molecule has 0 aromatic rings. The molecule has 2 unspecified atom stereocenters. The number of unbranched alkanes of at least 4 members (excludes halogenated alkanes) is 28. The van der Waals surface area contributed by atoms with Crippen molar-refractivity contribution in [3.05, 3.63) is 97.2 Å². The summed E-state index contributed by atoms with van der Waals surface area (Å²) in [5, 5.41) is 9.73. The molecule has 79 heavy (non-hydrogen) atoms. The molecule has 0 aromatic carbocycles. The monoisotopic (exact) mass is 1100 g/mol. The van der Waals surface area contributed by atoms with E-state index in [-0.39, 0.29) is 32.2 Å². The number of rotatable bonds is 59. The average Bonchev–Trinajstić information content (AvgIpc) is 3.42. The molecular weight excluding hydrogens is 983 g/mol. The minimum Gasteiger partial charge on any atom is -0.477 e. The highest BCUT2D eigenvalue weighted by atomic mass is 16.7. The van der Waals surface area contributed by atoms with Crippen molar-refractivity contribution in [3.63, 3.8) is 0 Å². The van der Waals surface area contributed by atoms with Gasteiger partial charge in [0.1, 0.15) is 13.2 Å². The van der Waals surface area contributed by atoms with Crippen LogP contribution in [-0.2, 0) is 33.3 Å². The van der Waals surface area contributed by atoms with Crippen LogP contribution in [-0.4, -0.2) is 87.4 Å². The Labute approximate surface area is 486 Å². The first-order valence-corrected chi connectivity index (χ1v) is 32.4. The minimum absolute atomic E-state index is 0.184. The first kappa shape index (κ1) is 75.2. The maximum absolute atomic E-state index is 12.9. The number of ether oxygens (including phenoxy) is 4.